The third kappa shape index (κ3) is 7.49. The number of ether oxygens (including phenoxy) is 1. The van der Waals surface area contributed by atoms with Crippen LogP contribution in [0.15, 0.2) is 79.1 Å². The van der Waals surface area contributed by atoms with Crippen LogP contribution < -0.4 is 16.0 Å². The van der Waals surface area contributed by atoms with Crippen molar-refractivity contribution in [2.24, 2.45) is 5.92 Å². The number of esters is 1. The Morgan fingerprint density at radius 2 is 1.60 bits per heavy atom. The first-order valence-corrected chi connectivity index (χ1v) is 13.6. The Hall–Kier alpha value is -4.77. The Labute approximate surface area is 243 Å². The molecule has 1 aliphatic rings. The summed E-state index contributed by atoms with van der Waals surface area (Å²) >= 11 is 0. The van der Waals surface area contributed by atoms with Crippen LogP contribution in [0.3, 0.4) is 0 Å². The molecule has 0 spiro atoms. The number of pyridine rings is 1. The van der Waals surface area contributed by atoms with E-state index in [1.165, 1.54) is 26.0 Å². The molecule has 11 nitrogen and oxygen atoms in total. The second-order valence-corrected chi connectivity index (χ2v) is 10.3. The van der Waals surface area contributed by atoms with E-state index in [9.17, 15) is 29.4 Å². The van der Waals surface area contributed by atoms with Gasteiger partial charge in [-0.2, -0.15) is 0 Å². The Morgan fingerprint density at radius 1 is 0.905 bits per heavy atom. The van der Waals surface area contributed by atoms with E-state index < -0.39 is 59.9 Å². The Bertz CT molecular complexity index is 1400. The van der Waals surface area contributed by atoms with E-state index in [0.29, 0.717) is 5.56 Å². The quantitative estimate of drug-likeness (QED) is 0.275. The highest BCUT2D eigenvalue weighted by Crippen LogP contribution is 2.19. The van der Waals surface area contributed by atoms with Gasteiger partial charge in [0.2, 0.25) is 11.8 Å². The summed E-state index contributed by atoms with van der Waals surface area (Å²) < 4.78 is 5.66. The van der Waals surface area contributed by atoms with Crippen LogP contribution in [0.5, 0.6) is 5.75 Å². The summed E-state index contributed by atoms with van der Waals surface area (Å²) in [5.74, 6) is -4.26. The number of nitrogens with zero attached hydrogens (tertiary/aromatic N) is 1. The number of aliphatic hydroxyl groups excluding tert-OH is 1. The average Bonchev–Trinajstić information content (AvgIpc) is 2.99. The number of aliphatic hydroxyl groups is 1. The topological polar surface area (TPSA) is 167 Å². The lowest BCUT2D eigenvalue weighted by Crippen LogP contribution is -2.60. The molecule has 0 bridgehead atoms. The van der Waals surface area contributed by atoms with Crippen LogP contribution in [0.1, 0.15) is 35.3 Å². The molecule has 0 aliphatic carbocycles. The number of carbonyl (C=O) groups is 4. The van der Waals surface area contributed by atoms with Gasteiger partial charge in [0.05, 0.1) is 23.6 Å². The molecule has 2 heterocycles. The summed E-state index contributed by atoms with van der Waals surface area (Å²) in [7, 11) is 0. The summed E-state index contributed by atoms with van der Waals surface area (Å²) in [6.45, 7) is 2.94. The standard InChI is InChI=1S/C31H34N4O7/c1-18-27(37)23(16-21-11-8-14-32-17-21)33-30(40)26(35-29(39)22-12-6-7-13-25(22)36)19(2)42-31(41)24(34-28(18)38)15-20-9-4-3-5-10-20/h3-14,17-19,23-24,26-27,36-37H,15-16H2,1-2H3,(H,33,40)(H,34,38)(H,35,39). The summed E-state index contributed by atoms with van der Waals surface area (Å²) in [5, 5.41) is 29.5. The van der Waals surface area contributed by atoms with Gasteiger partial charge in [-0.15, -0.1) is 0 Å². The van der Waals surface area contributed by atoms with Crippen LogP contribution in [-0.4, -0.2) is 69.2 Å². The molecule has 0 radical (unpaired) electrons. The lowest BCUT2D eigenvalue weighted by Gasteiger charge is -2.33. The SMILES string of the molecule is CC1OC(=O)C(Cc2ccccc2)NC(=O)C(C)C(O)C(Cc2cccnc2)NC(=O)C1NC(=O)c1ccccc1O. The number of hydrogen-bond donors (Lipinski definition) is 5. The molecule has 3 amide bonds. The minimum Gasteiger partial charge on any atom is -0.507 e. The number of phenolic OH excluding ortho intramolecular Hbond substituents is 1. The largest absolute Gasteiger partial charge is 0.507 e. The first-order valence-electron chi connectivity index (χ1n) is 13.6. The van der Waals surface area contributed by atoms with E-state index in [4.69, 9.17) is 4.74 Å². The number of aromatic hydroxyl groups is 1. The third-order valence-corrected chi connectivity index (χ3v) is 7.22. The maximum atomic E-state index is 13.7. The Kier molecular flexibility index (Phi) is 9.87. The van der Waals surface area contributed by atoms with Crippen molar-refractivity contribution < 1.29 is 34.1 Å². The molecule has 6 unspecified atom stereocenters. The van der Waals surface area contributed by atoms with Gasteiger partial charge in [-0.25, -0.2) is 4.79 Å². The van der Waals surface area contributed by atoms with Crippen LogP contribution in [0, 0.1) is 5.92 Å². The molecule has 42 heavy (non-hydrogen) atoms. The van der Waals surface area contributed by atoms with Crippen LogP contribution in [0.25, 0.3) is 0 Å². The Balaban J connectivity index is 1.69. The molecule has 6 atom stereocenters. The van der Waals surface area contributed by atoms with Crippen molar-refractivity contribution in [1.29, 1.82) is 0 Å². The maximum Gasteiger partial charge on any atom is 0.329 e. The molecule has 11 heteroatoms. The molecule has 0 saturated carbocycles. The van der Waals surface area contributed by atoms with E-state index in [-0.39, 0.29) is 24.2 Å². The minimum atomic E-state index is -1.41. The highest BCUT2D eigenvalue weighted by Gasteiger charge is 2.39. The van der Waals surface area contributed by atoms with Crippen molar-refractivity contribution in [3.05, 3.63) is 95.8 Å². The van der Waals surface area contributed by atoms with Crippen molar-refractivity contribution in [2.45, 2.75) is 57.0 Å². The molecule has 5 N–H and O–H groups in total. The van der Waals surface area contributed by atoms with E-state index in [1.54, 1.807) is 60.9 Å². The van der Waals surface area contributed by atoms with Gasteiger partial charge >= 0.3 is 5.97 Å². The van der Waals surface area contributed by atoms with Gasteiger partial charge in [-0.05, 0) is 42.7 Å². The molecule has 1 aliphatic heterocycles. The van der Waals surface area contributed by atoms with Crippen LogP contribution in [-0.2, 0) is 32.0 Å². The smallest absolute Gasteiger partial charge is 0.329 e. The Morgan fingerprint density at radius 3 is 2.29 bits per heavy atom. The molecule has 1 fully saturated rings. The fourth-order valence-electron chi connectivity index (χ4n) is 4.77. The molecule has 220 valence electrons. The number of amides is 3. The molecule has 2 aromatic carbocycles. The van der Waals surface area contributed by atoms with Crippen molar-refractivity contribution in [2.75, 3.05) is 0 Å². The summed E-state index contributed by atoms with van der Waals surface area (Å²) in [4.78, 5) is 57.5. The molecule has 1 saturated heterocycles. The lowest BCUT2D eigenvalue weighted by atomic mass is 9.91. The minimum absolute atomic E-state index is 0.0790. The molecule has 4 rings (SSSR count). The lowest BCUT2D eigenvalue weighted by molar-refractivity contribution is -0.156. The fraction of sp³-hybridized carbons (Fsp3) is 0.323. The second kappa shape index (κ2) is 13.7. The number of benzene rings is 2. The zero-order valence-electron chi connectivity index (χ0n) is 23.3. The average molecular weight is 575 g/mol. The number of cyclic esters (lactones) is 1. The van der Waals surface area contributed by atoms with Crippen molar-refractivity contribution >= 4 is 23.7 Å². The number of carbonyl (C=O) groups excluding carboxylic acids is 4. The number of hydrogen-bond acceptors (Lipinski definition) is 8. The maximum absolute atomic E-state index is 13.7. The first-order chi connectivity index (χ1) is 20.1. The third-order valence-electron chi connectivity index (χ3n) is 7.22. The first kappa shape index (κ1) is 30.2. The normalized spacial score (nSPS) is 25.2. The molecular weight excluding hydrogens is 540 g/mol. The van der Waals surface area contributed by atoms with Gasteiger partial charge in [0.1, 0.15) is 23.9 Å². The number of rotatable bonds is 6. The van der Waals surface area contributed by atoms with Crippen LogP contribution >= 0.6 is 0 Å². The van der Waals surface area contributed by atoms with Gasteiger partial charge in [0.15, 0.2) is 0 Å². The van der Waals surface area contributed by atoms with Gasteiger partial charge in [-0.3, -0.25) is 19.4 Å². The monoisotopic (exact) mass is 574 g/mol. The van der Waals surface area contributed by atoms with Gasteiger partial charge in [-0.1, -0.05) is 55.5 Å². The summed E-state index contributed by atoms with van der Waals surface area (Å²) in [6.07, 6.45) is 0.823. The second-order valence-electron chi connectivity index (χ2n) is 10.3. The highest BCUT2D eigenvalue weighted by atomic mass is 16.5. The summed E-state index contributed by atoms with van der Waals surface area (Å²) in [5.41, 5.74) is 1.37. The highest BCUT2D eigenvalue weighted by molar-refractivity contribution is 6.00. The molecule has 1 aromatic heterocycles. The zero-order valence-corrected chi connectivity index (χ0v) is 23.3. The number of nitrogens with one attached hydrogen (secondary N) is 3. The van der Waals surface area contributed by atoms with Gasteiger partial charge in [0.25, 0.3) is 5.91 Å². The van der Waals surface area contributed by atoms with Gasteiger partial charge < -0.3 is 30.9 Å². The molecule has 3 aromatic rings. The summed E-state index contributed by atoms with van der Waals surface area (Å²) in [6, 6.07) is 14.8. The fourth-order valence-corrected chi connectivity index (χ4v) is 4.77. The van der Waals surface area contributed by atoms with E-state index in [1.807, 2.05) is 6.07 Å². The van der Waals surface area contributed by atoms with E-state index >= 15 is 0 Å². The number of aromatic nitrogens is 1. The van der Waals surface area contributed by atoms with Gasteiger partial charge in [0, 0.05) is 18.8 Å². The van der Waals surface area contributed by atoms with Crippen molar-refractivity contribution in [3.63, 3.8) is 0 Å². The van der Waals surface area contributed by atoms with E-state index in [2.05, 4.69) is 20.9 Å². The number of para-hydroxylation sites is 1. The van der Waals surface area contributed by atoms with Crippen molar-refractivity contribution in [3.8, 4) is 5.75 Å². The van der Waals surface area contributed by atoms with Crippen molar-refractivity contribution in [1.82, 2.24) is 20.9 Å². The predicted molar refractivity (Wildman–Crippen MR) is 152 cm³/mol. The van der Waals surface area contributed by atoms with Crippen LogP contribution in [0.2, 0.25) is 0 Å². The predicted octanol–water partition coefficient (Wildman–Crippen LogP) is 1.28. The van der Waals surface area contributed by atoms with Crippen LogP contribution in [0.4, 0.5) is 0 Å². The van der Waals surface area contributed by atoms with E-state index in [0.717, 1.165) is 5.56 Å². The number of phenols is 1. The molecular formula is C31H34N4O7. The zero-order chi connectivity index (χ0) is 30.2.